The summed E-state index contributed by atoms with van der Waals surface area (Å²) in [7, 11) is 0. The molecule has 0 spiro atoms. The molecule has 0 N–H and O–H groups in total. The highest BCUT2D eigenvalue weighted by atomic mass is 16.7. The Bertz CT molecular complexity index is 599. The van der Waals surface area contributed by atoms with Gasteiger partial charge in [0.15, 0.2) is 6.29 Å². The predicted molar refractivity (Wildman–Crippen MR) is 114 cm³/mol. The lowest BCUT2D eigenvalue weighted by molar-refractivity contribution is -0.212. The van der Waals surface area contributed by atoms with Gasteiger partial charge >= 0.3 is 0 Å². The Morgan fingerprint density at radius 3 is 2.55 bits per heavy atom. The van der Waals surface area contributed by atoms with Crippen LogP contribution in [0.25, 0.3) is 0 Å². The fourth-order valence-corrected chi connectivity index (χ4v) is 8.99. The molecule has 0 radical (unpaired) electrons. The van der Waals surface area contributed by atoms with E-state index in [1.165, 1.54) is 76.9 Å². The van der Waals surface area contributed by atoms with Crippen molar-refractivity contribution in [2.24, 2.45) is 40.4 Å². The lowest BCUT2D eigenvalue weighted by Crippen LogP contribution is -2.54. The second kappa shape index (κ2) is 7.93. The van der Waals surface area contributed by atoms with Gasteiger partial charge in [-0.3, -0.25) is 0 Å². The van der Waals surface area contributed by atoms with Crippen LogP contribution in [0.5, 0.6) is 0 Å². The molecule has 4 saturated carbocycles. The number of rotatable bonds is 4. The van der Waals surface area contributed by atoms with E-state index in [0.29, 0.717) is 22.9 Å². The van der Waals surface area contributed by atoms with Gasteiger partial charge in [-0.2, -0.15) is 0 Å². The van der Waals surface area contributed by atoms with Crippen LogP contribution in [-0.2, 0) is 14.3 Å². The zero-order chi connectivity index (χ0) is 20.1. The van der Waals surface area contributed by atoms with Gasteiger partial charge in [-0.25, -0.2) is 0 Å². The lowest BCUT2D eigenvalue weighted by atomic mass is 9.44. The van der Waals surface area contributed by atoms with Gasteiger partial charge in [-0.05, 0) is 117 Å². The van der Waals surface area contributed by atoms with E-state index in [1.807, 2.05) is 0 Å². The van der Waals surface area contributed by atoms with Crippen molar-refractivity contribution >= 4 is 6.29 Å². The first-order chi connectivity index (χ1) is 14.0. The van der Waals surface area contributed by atoms with Crippen molar-refractivity contribution in [3.05, 3.63) is 0 Å². The molecule has 0 amide bonds. The predicted octanol–water partition coefficient (Wildman–Crippen LogP) is 6.15. The highest BCUT2D eigenvalue weighted by Crippen LogP contribution is 2.67. The van der Waals surface area contributed by atoms with Crippen molar-refractivity contribution in [1.82, 2.24) is 0 Å². The molecule has 0 aromatic rings. The van der Waals surface area contributed by atoms with Crippen molar-refractivity contribution in [1.29, 1.82) is 0 Å². The summed E-state index contributed by atoms with van der Waals surface area (Å²) in [6, 6.07) is 0. The molecule has 0 aromatic heterocycles. The molecule has 4 aliphatic carbocycles. The number of carbonyl (C=O) groups is 1. The fourth-order valence-electron chi connectivity index (χ4n) is 8.99. The van der Waals surface area contributed by atoms with E-state index < -0.39 is 0 Å². The molecule has 1 heterocycles. The van der Waals surface area contributed by atoms with E-state index in [4.69, 9.17) is 9.47 Å². The van der Waals surface area contributed by atoms with Crippen LogP contribution < -0.4 is 0 Å². The molecule has 29 heavy (non-hydrogen) atoms. The van der Waals surface area contributed by atoms with Gasteiger partial charge in [-0.15, -0.1) is 0 Å². The molecule has 9 atom stereocenters. The maximum atomic E-state index is 11.3. The Morgan fingerprint density at radius 2 is 1.76 bits per heavy atom. The third-order valence-electron chi connectivity index (χ3n) is 10.7. The number of hydrogen-bond acceptors (Lipinski definition) is 3. The molecule has 1 saturated heterocycles. The Balaban J connectivity index is 1.27. The molecule has 5 rings (SSSR count). The van der Waals surface area contributed by atoms with Crippen LogP contribution >= 0.6 is 0 Å². The molecule has 0 unspecified atom stereocenters. The second-order valence-electron chi connectivity index (χ2n) is 11.7. The molecule has 0 aromatic carbocycles. The quantitative estimate of drug-likeness (QED) is 0.418. The third kappa shape index (κ3) is 3.43. The molecular formula is C26H42O3. The first-order valence-electron chi connectivity index (χ1n) is 12.8. The number of carbonyl (C=O) groups excluding carboxylic acids is 1. The van der Waals surface area contributed by atoms with Gasteiger partial charge < -0.3 is 14.3 Å². The van der Waals surface area contributed by atoms with Gasteiger partial charge in [0, 0.05) is 13.0 Å². The molecule has 3 heteroatoms. The van der Waals surface area contributed by atoms with Crippen LogP contribution in [0.3, 0.4) is 0 Å². The standard InChI is InChI=1S/C26H42O3/c1-25-14-11-23-21(22(25)9-7-18(25)12-15-27)8-6-19-17-20(10-13-26(19,23)2)29-24-5-3-4-16-28-24/h15,18-24H,3-14,16-17H2,1-2H3/t18-,19+,20+,21+,22+,23-,24-,25-,26+/m1/s1. The molecule has 5 fully saturated rings. The highest BCUT2D eigenvalue weighted by molar-refractivity contribution is 5.50. The van der Waals surface area contributed by atoms with Gasteiger partial charge in [-0.1, -0.05) is 13.8 Å². The van der Waals surface area contributed by atoms with E-state index in [0.717, 1.165) is 43.1 Å². The molecule has 5 aliphatic rings. The summed E-state index contributed by atoms with van der Waals surface area (Å²) in [5.41, 5.74) is 0.949. The van der Waals surface area contributed by atoms with Crippen molar-refractivity contribution in [3.63, 3.8) is 0 Å². The van der Waals surface area contributed by atoms with Crippen LogP contribution in [0.1, 0.15) is 97.3 Å². The van der Waals surface area contributed by atoms with Crippen molar-refractivity contribution in [2.45, 2.75) is 110 Å². The van der Waals surface area contributed by atoms with E-state index in [2.05, 4.69) is 13.8 Å². The number of fused-ring (bicyclic) bond motifs is 5. The van der Waals surface area contributed by atoms with Crippen LogP contribution in [0.2, 0.25) is 0 Å². The Labute approximate surface area is 177 Å². The Kier molecular flexibility index (Phi) is 5.60. The normalized spacial score (nSPS) is 52.3. The molecule has 0 bridgehead atoms. The minimum absolute atomic E-state index is 0.0677. The van der Waals surface area contributed by atoms with E-state index in [9.17, 15) is 4.79 Å². The average Bonchev–Trinajstić information content (AvgIpc) is 3.06. The smallest absolute Gasteiger partial charge is 0.157 e. The summed E-state index contributed by atoms with van der Waals surface area (Å²) in [4.78, 5) is 11.3. The summed E-state index contributed by atoms with van der Waals surface area (Å²) < 4.78 is 12.3. The highest BCUT2D eigenvalue weighted by Gasteiger charge is 2.60. The van der Waals surface area contributed by atoms with E-state index in [-0.39, 0.29) is 6.29 Å². The van der Waals surface area contributed by atoms with Gasteiger partial charge in [0.25, 0.3) is 0 Å². The topological polar surface area (TPSA) is 35.5 Å². The van der Waals surface area contributed by atoms with E-state index >= 15 is 0 Å². The average molecular weight is 403 g/mol. The minimum Gasteiger partial charge on any atom is -0.353 e. The third-order valence-corrected chi connectivity index (χ3v) is 10.7. The monoisotopic (exact) mass is 402 g/mol. The first kappa shape index (κ1) is 20.5. The van der Waals surface area contributed by atoms with Gasteiger partial charge in [0.05, 0.1) is 6.10 Å². The van der Waals surface area contributed by atoms with Gasteiger partial charge in [0.1, 0.15) is 6.29 Å². The van der Waals surface area contributed by atoms with Crippen LogP contribution in [0.4, 0.5) is 0 Å². The van der Waals surface area contributed by atoms with Crippen molar-refractivity contribution < 1.29 is 14.3 Å². The molecule has 1 aliphatic heterocycles. The SMILES string of the molecule is C[C@]12CC[C@H](O[C@@H]3CCCCO3)C[C@@H]1CC[C@@H]1[C@H]2CC[C@]2(C)[C@@H](CC=O)CC[C@@H]12. The zero-order valence-corrected chi connectivity index (χ0v) is 18.7. The van der Waals surface area contributed by atoms with Crippen molar-refractivity contribution in [2.75, 3.05) is 6.61 Å². The maximum Gasteiger partial charge on any atom is 0.157 e. The van der Waals surface area contributed by atoms with Crippen LogP contribution in [0, 0.1) is 40.4 Å². The summed E-state index contributed by atoms with van der Waals surface area (Å²) >= 11 is 0. The first-order valence-corrected chi connectivity index (χ1v) is 12.8. The van der Waals surface area contributed by atoms with E-state index in [1.54, 1.807) is 0 Å². The molecule has 3 nitrogen and oxygen atoms in total. The Morgan fingerprint density at radius 1 is 0.931 bits per heavy atom. The zero-order valence-electron chi connectivity index (χ0n) is 18.7. The molecular weight excluding hydrogens is 360 g/mol. The molecule has 164 valence electrons. The fraction of sp³-hybridized carbons (Fsp3) is 0.962. The van der Waals surface area contributed by atoms with Crippen molar-refractivity contribution in [3.8, 4) is 0 Å². The summed E-state index contributed by atoms with van der Waals surface area (Å²) in [5, 5.41) is 0. The maximum absolute atomic E-state index is 11.3. The van der Waals surface area contributed by atoms with Crippen LogP contribution in [0.15, 0.2) is 0 Å². The lowest BCUT2D eigenvalue weighted by Gasteiger charge is -2.61. The summed E-state index contributed by atoms with van der Waals surface area (Å²) in [6.07, 6.45) is 18.1. The Hall–Kier alpha value is -0.410. The summed E-state index contributed by atoms with van der Waals surface area (Å²) in [5.74, 6) is 4.17. The number of ether oxygens (including phenoxy) is 2. The number of hydrogen-bond donors (Lipinski definition) is 0. The second-order valence-corrected chi connectivity index (χ2v) is 11.7. The minimum atomic E-state index is 0.0677. The van der Waals surface area contributed by atoms with Gasteiger partial charge in [0.2, 0.25) is 0 Å². The summed E-state index contributed by atoms with van der Waals surface area (Å²) in [6.45, 7) is 6.06. The van der Waals surface area contributed by atoms with Crippen LogP contribution in [-0.4, -0.2) is 25.3 Å². The number of aldehydes is 1. The largest absolute Gasteiger partial charge is 0.353 e.